The molecule has 0 aliphatic heterocycles. The zero-order chi connectivity index (χ0) is 17.4. The van der Waals surface area contributed by atoms with Crippen molar-refractivity contribution in [2.24, 2.45) is 0 Å². The van der Waals surface area contributed by atoms with Crippen molar-refractivity contribution >= 4 is 11.7 Å². The summed E-state index contributed by atoms with van der Waals surface area (Å²) in [5.74, 6) is -0.293. The van der Waals surface area contributed by atoms with Crippen LogP contribution in [0.2, 0.25) is 0 Å². The zero-order valence-corrected chi connectivity index (χ0v) is 14.1. The van der Waals surface area contributed by atoms with Crippen LogP contribution in [-0.4, -0.2) is 17.7 Å². The Kier molecular flexibility index (Phi) is 6.67. The Balaban J connectivity index is 2.04. The molecule has 0 spiro atoms. The maximum atomic E-state index is 11.3. The lowest BCUT2D eigenvalue weighted by Crippen LogP contribution is -2.02. The van der Waals surface area contributed by atoms with E-state index < -0.39 is 5.97 Å². The molecule has 0 atom stereocenters. The highest BCUT2D eigenvalue weighted by Crippen LogP contribution is 2.30. The largest absolute Gasteiger partial charge is 0.491 e. The number of rotatable bonds is 9. The summed E-state index contributed by atoms with van der Waals surface area (Å²) in [6.45, 7) is 2.85. The molecule has 0 fully saturated rings. The molecule has 0 amide bonds. The van der Waals surface area contributed by atoms with Gasteiger partial charge in [-0.1, -0.05) is 56.9 Å². The fourth-order valence-corrected chi connectivity index (χ4v) is 2.66. The highest BCUT2D eigenvalue weighted by atomic mass is 16.5. The number of anilines is 1. The Labute approximate surface area is 143 Å². The minimum Gasteiger partial charge on any atom is -0.491 e. The fraction of sp³-hybridized carbons (Fsp3) is 0.350. The maximum absolute atomic E-state index is 11.3. The summed E-state index contributed by atoms with van der Waals surface area (Å²) < 4.78 is 5.74. The average Bonchev–Trinajstić information content (AvgIpc) is 2.59. The monoisotopic (exact) mass is 327 g/mol. The Morgan fingerprint density at radius 2 is 1.83 bits per heavy atom. The summed E-state index contributed by atoms with van der Waals surface area (Å²) in [4.78, 5) is 11.3. The van der Waals surface area contributed by atoms with Crippen LogP contribution >= 0.6 is 0 Å². The number of nitrogen functional groups attached to an aromatic ring is 1. The van der Waals surface area contributed by atoms with E-state index in [0.717, 1.165) is 18.4 Å². The van der Waals surface area contributed by atoms with E-state index in [1.165, 1.54) is 19.3 Å². The molecule has 0 aromatic heterocycles. The van der Waals surface area contributed by atoms with E-state index in [9.17, 15) is 9.90 Å². The highest BCUT2D eigenvalue weighted by molar-refractivity contribution is 5.96. The van der Waals surface area contributed by atoms with Gasteiger partial charge in [-0.2, -0.15) is 0 Å². The summed E-state index contributed by atoms with van der Waals surface area (Å²) >= 11 is 0. The number of ether oxygens (including phenoxy) is 1. The second kappa shape index (κ2) is 8.96. The number of carboxylic acids is 1. The van der Waals surface area contributed by atoms with Crippen molar-refractivity contribution in [1.82, 2.24) is 0 Å². The van der Waals surface area contributed by atoms with E-state index in [2.05, 4.69) is 6.92 Å². The molecule has 4 nitrogen and oxygen atoms in total. The second-order valence-electron chi connectivity index (χ2n) is 5.87. The van der Waals surface area contributed by atoms with E-state index in [1.807, 2.05) is 18.2 Å². The molecular weight excluding hydrogens is 302 g/mol. The third-order valence-electron chi connectivity index (χ3n) is 3.98. The molecule has 0 radical (unpaired) electrons. The molecule has 2 aromatic rings. The summed E-state index contributed by atoms with van der Waals surface area (Å²) in [6.07, 6.45) is 5.91. The first kappa shape index (κ1) is 17.9. The lowest BCUT2D eigenvalue weighted by molar-refractivity contribution is 0.0697. The minimum atomic E-state index is -0.948. The summed E-state index contributed by atoms with van der Waals surface area (Å²) in [5.41, 5.74) is 8.30. The first-order valence-electron chi connectivity index (χ1n) is 8.48. The lowest BCUT2D eigenvalue weighted by atomic mass is 9.99. The first-order valence-corrected chi connectivity index (χ1v) is 8.48. The van der Waals surface area contributed by atoms with Gasteiger partial charge in [0.25, 0.3) is 0 Å². The Morgan fingerprint density at radius 1 is 1.08 bits per heavy atom. The summed E-state index contributed by atoms with van der Waals surface area (Å²) in [6, 6.07) is 12.3. The molecule has 3 N–H and O–H groups in total. The molecule has 0 aliphatic carbocycles. The smallest absolute Gasteiger partial charge is 0.336 e. The third kappa shape index (κ3) is 4.75. The van der Waals surface area contributed by atoms with E-state index in [4.69, 9.17) is 10.5 Å². The molecule has 0 bridgehead atoms. The van der Waals surface area contributed by atoms with Crippen LogP contribution in [0.3, 0.4) is 0 Å². The van der Waals surface area contributed by atoms with Crippen LogP contribution in [0.4, 0.5) is 5.69 Å². The van der Waals surface area contributed by atoms with Crippen molar-refractivity contribution in [1.29, 1.82) is 0 Å². The fourth-order valence-electron chi connectivity index (χ4n) is 2.66. The normalized spacial score (nSPS) is 10.5. The van der Waals surface area contributed by atoms with Crippen LogP contribution in [0.1, 0.15) is 49.4 Å². The quantitative estimate of drug-likeness (QED) is 0.503. The predicted octanol–water partition coefficient (Wildman–Crippen LogP) is 4.98. The van der Waals surface area contributed by atoms with Gasteiger partial charge in [0.2, 0.25) is 0 Å². The van der Waals surface area contributed by atoms with Gasteiger partial charge in [0.05, 0.1) is 17.9 Å². The highest BCUT2D eigenvalue weighted by Gasteiger charge is 2.12. The number of nitrogens with two attached hydrogens (primary N) is 1. The van der Waals surface area contributed by atoms with Gasteiger partial charge in [-0.05, 0) is 35.7 Å². The Morgan fingerprint density at radius 3 is 2.54 bits per heavy atom. The number of carbonyl (C=O) groups is 1. The van der Waals surface area contributed by atoms with Gasteiger partial charge in [0.1, 0.15) is 5.75 Å². The molecule has 0 saturated heterocycles. The van der Waals surface area contributed by atoms with Crippen LogP contribution in [0.15, 0.2) is 42.5 Å². The maximum Gasteiger partial charge on any atom is 0.336 e. The molecule has 0 aliphatic rings. The summed E-state index contributed by atoms with van der Waals surface area (Å²) in [5, 5.41) is 9.30. The van der Waals surface area contributed by atoms with Crippen LogP contribution in [-0.2, 0) is 0 Å². The number of carboxylic acid groups (broad SMARTS) is 1. The van der Waals surface area contributed by atoms with Crippen molar-refractivity contribution < 1.29 is 14.6 Å². The number of hydrogen-bond donors (Lipinski definition) is 2. The Bertz CT molecular complexity index is 682. The van der Waals surface area contributed by atoms with Gasteiger partial charge in [-0.25, -0.2) is 4.79 Å². The third-order valence-corrected chi connectivity index (χ3v) is 3.98. The van der Waals surface area contributed by atoms with Crippen LogP contribution in [0, 0.1) is 0 Å². The molecule has 0 unspecified atom stereocenters. The van der Waals surface area contributed by atoms with Crippen LogP contribution < -0.4 is 10.5 Å². The lowest BCUT2D eigenvalue weighted by Gasteiger charge is -2.12. The predicted molar refractivity (Wildman–Crippen MR) is 97.5 cm³/mol. The van der Waals surface area contributed by atoms with Crippen molar-refractivity contribution in [3.05, 3.63) is 48.0 Å². The molecule has 4 heteroatoms. The van der Waals surface area contributed by atoms with E-state index >= 15 is 0 Å². The van der Waals surface area contributed by atoms with Crippen molar-refractivity contribution in [2.75, 3.05) is 12.3 Å². The van der Waals surface area contributed by atoms with E-state index in [-0.39, 0.29) is 5.56 Å². The molecule has 0 saturated carbocycles. The van der Waals surface area contributed by atoms with Gasteiger partial charge in [-0.3, -0.25) is 0 Å². The molecule has 2 aromatic carbocycles. The molecule has 128 valence electrons. The van der Waals surface area contributed by atoms with Crippen molar-refractivity contribution in [3.63, 3.8) is 0 Å². The van der Waals surface area contributed by atoms with E-state index in [1.54, 1.807) is 24.3 Å². The summed E-state index contributed by atoms with van der Waals surface area (Å²) in [7, 11) is 0. The van der Waals surface area contributed by atoms with Crippen LogP contribution in [0.5, 0.6) is 5.75 Å². The second-order valence-corrected chi connectivity index (χ2v) is 5.87. The Hall–Kier alpha value is -2.49. The number of aromatic carboxylic acids is 1. The molecule has 2 rings (SSSR count). The van der Waals surface area contributed by atoms with Gasteiger partial charge >= 0.3 is 5.97 Å². The topological polar surface area (TPSA) is 72.5 Å². The molecule has 24 heavy (non-hydrogen) atoms. The van der Waals surface area contributed by atoms with Crippen molar-refractivity contribution in [2.45, 2.75) is 39.0 Å². The van der Waals surface area contributed by atoms with Gasteiger partial charge in [-0.15, -0.1) is 0 Å². The van der Waals surface area contributed by atoms with Crippen LogP contribution in [0.25, 0.3) is 11.1 Å². The van der Waals surface area contributed by atoms with Gasteiger partial charge in [0.15, 0.2) is 0 Å². The number of benzene rings is 2. The SMILES string of the molecule is CCCCCCCOc1ccc(-c2ccccc2C(=O)O)cc1N. The van der Waals surface area contributed by atoms with E-state index in [0.29, 0.717) is 23.6 Å². The van der Waals surface area contributed by atoms with Gasteiger partial charge < -0.3 is 15.6 Å². The van der Waals surface area contributed by atoms with Crippen molar-refractivity contribution in [3.8, 4) is 16.9 Å². The van der Waals surface area contributed by atoms with Gasteiger partial charge in [0, 0.05) is 0 Å². The minimum absolute atomic E-state index is 0.265. The molecule has 0 heterocycles. The number of unbranched alkanes of at least 4 members (excludes halogenated alkanes) is 4. The average molecular weight is 327 g/mol. The first-order chi connectivity index (χ1) is 11.6. The molecular formula is C20H25NO3. The zero-order valence-electron chi connectivity index (χ0n) is 14.1. The number of hydrogen-bond acceptors (Lipinski definition) is 3. The standard InChI is InChI=1S/C20H25NO3/c1-2-3-4-5-8-13-24-19-12-11-15(14-18(19)21)16-9-6-7-10-17(16)20(22)23/h6-7,9-12,14H,2-5,8,13,21H2,1H3,(H,22,23).